The zero-order valence-electron chi connectivity index (χ0n) is 10.8. The lowest BCUT2D eigenvalue weighted by molar-refractivity contribution is -0.384. The van der Waals surface area contributed by atoms with Gasteiger partial charge in [-0.05, 0) is 12.1 Å². The van der Waals surface area contributed by atoms with Crippen molar-refractivity contribution in [3.8, 4) is 6.07 Å². The molecule has 2 aromatic heterocycles. The SMILES string of the molecule is Cn1ccc(CCNc2nccc(C#N)c2[N+](=O)[O-])n1. The number of nitriles is 1. The Morgan fingerprint density at radius 3 is 2.95 bits per heavy atom. The molecule has 20 heavy (non-hydrogen) atoms. The maximum absolute atomic E-state index is 11.0. The first-order valence-corrected chi connectivity index (χ1v) is 5.87. The minimum Gasteiger partial charge on any atom is -0.364 e. The third kappa shape index (κ3) is 2.89. The van der Waals surface area contributed by atoms with E-state index in [1.54, 1.807) is 10.8 Å². The molecule has 0 bridgehead atoms. The van der Waals surface area contributed by atoms with Crippen molar-refractivity contribution in [2.75, 3.05) is 11.9 Å². The fourth-order valence-corrected chi connectivity index (χ4v) is 1.76. The largest absolute Gasteiger partial charge is 0.364 e. The summed E-state index contributed by atoms with van der Waals surface area (Å²) >= 11 is 0. The molecule has 2 aromatic rings. The van der Waals surface area contributed by atoms with E-state index in [1.165, 1.54) is 12.3 Å². The molecule has 0 aromatic carbocycles. The molecule has 8 nitrogen and oxygen atoms in total. The van der Waals surface area contributed by atoms with Crippen LogP contribution in [0.3, 0.4) is 0 Å². The van der Waals surface area contributed by atoms with Crippen LogP contribution in [-0.2, 0) is 13.5 Å². The second kappa shape index (κ2) is 5.79. The zero-order valence-corrected chi connectivity index (χ0v) is 10.8. The Kier molecular flexibility index (Phi) is 3.91. The van der Waals surface area contributed by atoms with Gasteiger partial charge in [0.1, 0.15) is 11.6 Å². The van der Waals surface area contributed by atoms with Gasteiger partial charge in [-0.25, -0.2) is 4.98 Å². The molecule has 0 aliphatic carbocycles. The number of aromatic nitrogens is 3. The minimum absolute atomic E-state index is 0.00895. The van der Waals surface area contributed by atoms with Gasteiger partial charge in [0.15, 0.2) is 0 Å². The molecule has 2 rings (SSSR count). The highest BCUT2D eigenvalue weighted by Crippen LogP contribution is 2.25. The molecule has 102 valence electrons. The van der Waals surface area contributed by atoms with Crippen molar-refractivity contribution in [3.63, 3.8) is 0 Å². The summed E-state index contributed by atoms with van der Waals surface area (Å²) in [6.07, 6.45) is 3.80. The van der Waals surface area contributed by atoms with Gasteiger partial charge >= 0.3 is 5.69 Å². The smallest absolute Gasteiger partial charge is 0.328 e. The summed E-state index contributed by atoms with van der Waals surface area (Å²) in [6, 6.07) is 4.98. The number of nitrogens with zero attached hydrogens (tertiary/aromatic N) is 5. The van der Waals surface area contributed by atoms with Gasteiger partial charge in [0, 0.05) is 32.4 Å². The molecule has 8 heteroatoms. The summed E-state index contributed by atoms with van der Waals surface area (Å²) < 4.78 is 1.69. The minimum atomic E-state index is -0.603. The average molecular weight is 272 g/mol. The predicted octanol–water partition coefficient (Wildman–Crippen LogP) is 1.25. The maximum Gasteiger partial charge on any atom is 0.328 e. The van der Waals surface area contributed by atoms with E-state index in [0.29, 0.717) is 13.0 Å². The molecule has 0 amide bonds. The van der Waals surface area contributed by atoms with Crippen LogP contribution in [0.1, 0.15) is 11.3 Å². The lowest BCUT2D eigenvalue weighted by atomic mass is 10.2. The van der Waals surface area contributed by atoms with Crippen LogP contribution in [0.15, 0.2) is 24.5 Å². The molecule has 0 aliphatic rings. The van der Waals surface area contributed by atoms with Crippen LogP contribution >= 0.6 is 0 Å². The number of rotatable bonds is 5. The van der Waals surface area contributed by atoms with Crippen molar-refractivity contribution >= 4 is 11.5 Å². The molecule has 2 heterocycles. The molecule has 0 fully saturated rings. The first kappa shape index (κ1) is 13.5. The second-order valence-corrected chi connectivity index (χ2v) is 4.08. The van der Waals surface area contributed by atoms with Crippen molar-refractivity contribution in [1.82, 2.24) is 14.8 Å². The van der Waals surface area contributed by atoms with E-state index in [0.717, 1.165) is 5.69 Å². The van der Waals surface area contributed by atoms with Gasteiger partial charge in [-0.3, -0.25) is 14.8 Å². The van der Waals surface area contributed by atoms with E-state index < -0.39 is 4.92 Å². The highest BCUT2D eigenvalue weighted by atomic mass is 16.6. The van der Waals surface area contributed by atoms with Crippen molar-refractivity contribution in [2.45, 2.75) is 6.42 Å². The number of hydrogen-bond acceptors (Lipinski definition) is 6. The molecule has 0 aliphatic heterocycles. The van der Waals surface area contributed by atoms with Crippen LogP contribution in [0.4, 0.5) is 11.5 Å². The Morgan fingerprint density at radius 2 is 2.35 bits per heavy atom. The molecule has 1 N–H and O–H groups in total. The lowest BCUT2D eigenvalue weighted by Gasteiger charge is -2.05. The third-order valence-corrected chi connectivity index (χ3v) is 2.67. The Bertz CT molecular complexity index is 673. The maximum atomic E-state index is 11.0. The highest BCUT2D eigenvalue weighted by Gasteiger charge is 2.20. The average Bonchev–Trinajstić information content (AvgIpc) is 2.83. The van der Waals surface area contributed by atoms with Gasteiger partial charge in [-0.2, -0.15) is 10.4 Å². The van der Waals surface area contributed by atoms with Gasteiger partial charge in [0.2, 0.25) is 5.82 Å². The topological polar surface area (TPSA) is 110 Å². The van der Waals surface area contributed by atoms with Gasteiger partial charge in [0.05, 0.1) is 10.6 Å². The number of hydrogen-bond donors (Lipinski definition) is 1. The summed E-state index contributed by atoms with van der Waals surface area (Å²) in [5.74, 6) is 0.102. The van der Waals surface area contributed by atoms with Crippen LogP contribution in [-0.4, -0.2) is 26.2 Å². The van der Waals surface area contributed by atoms with Crippen LogP contribution in [0.5, 0.6) is 0 Å². The summed E-state index contributed by atoms with van der Waals surface area (Å²) in [6.45, 7) is 0.444. The van der Waals surface area contributed by atoms with E-state index in [2.05, 4.69) is 15.4 Å². The molecular formula is C12H12N6O2. The van der Waals surface area contributed by atoms with Crippen molar-refractivity contribution in [2.24, 2.45) is 7.05 Å². The predicted molar refractivity (Wildman–Crippen MR) is 71.0 cm³/mol. The van der Waals surface area contributed by atoms with E-state index in [-0.39, 0.29) is 17.1 Å². The monoisotopic (exact) mass is 272 g/mol. The van der Waals surface area contributed by atoms with Crippen LogP contribution in [0, 0.1) is 21.4 Å². The molecular weight excluding hydrogens is 260 g/mol. The normalized spacial score (nSPS) is 10.0. The number of aryl methyl sites for hydroxylation is 1. The summed E-state index contributed by atoms with van der Waals surface area (Å²) in [5.41, 5.74) is 0.570. The molecule has 0 saturated heterocycles. The highest BCUT2D eigenvalue weighted by molar-refractivity contribution is 5.64. The lowest BCUT2D eigenvalue weighted by Crippen LogP contribution is -2.09. The first-order valence-electron chi connectivity index (χ1n) is 5.87. The quantitative estimate of drug-likeness (QED) is 0.648. The molecule has 0 spiro atoms. The van der Waals surface area contributed by atoms with Gasteiger partial charge in [0.25, 0.3) is 0 Å². The van der Waals surface area contributed by atoms with Crippen molar-refractivity contribution in [1.29, 1.82) is 5.26 Å². The Morgan fingerprint density at radius 1 is 1.55 bits per heavy atom. The Hall–Kier alpha value is -2.95. The number of nitro groups is 1. The molecule has 0 saturated carbocycles. The van der Waals surface area contributed by atoms with E-state index in [1.807, 2.05) is 19.3 Å². The number of nitrogens with one attached hydrogen (secondary N) is 1. The van der Waals surface area contributed by atoms with Crippen LogP contribution < -0.4 is 5.32 Å². The van der Waals surface area contributed by atoms with Crippen molar-refractivity contribution in [3.05, 3.63) is 45.9 Å². The fourth-order valence-electron chi connectivity index (χ4n) is 1.76. The van der Waals surface area contributed by atoms with E-state index in [4.69, 9.17) is 5.26 Å². The van der Waals surface area contributed by atoms with Crippen LogP contribution in [0.2, 0.25) is 0 Å². The third-order valence-electron chi connectivity index (χ3n) is 2.67. The van der Waals surface area contributed by atoms with Crippen molar-refractivity contribution < 1.29 is 4.92 Å². The number of pyridine rings is 1. The second-order valence-electron chi connectivity index (χ2n) is 4.08. The standard InChI is InChI=1S/C12H12N6O2/c1-17-7-4-10(16-17)3-6-15-12-11(18(19)20)9(8-13)2-5-14-12/h2,4-5,7H,3,6H2,1H3,(H,14,15). The van der Waals surface area contributed by atoms with Gasteiger partial charge < -0.3 is 5.32 Å². The number of anilines is 1. The fraction of sp³-hybridized carbons (Fsp3) is 0.250. The first-order chi connectivity index (χ1) is 9.61. The van der Waals surface area contributed by atoms with E-state index in [9.17, 15) is 10.1 Å². The summed E-state index contributed by atoms with van der Waals surface area (Å²) in [7, 11) is 1.82. The Balaban J connectivity index is 2.10. The summed E-state index contributed by atoms with van der Waals surface area (Å²) in [4.78, 5) is 14.3. The molecule has 0 unspecified atom stereocenters. The van der Waals surface area contributed by atoms with Crippen LogP contribution in [0.25, 0.3) is 0 Å². The molecule has 0 radical (unpaired) electrons. The summed E-state index contributed by atoms with van der Waals surface area (Å²) in [5, 5.41) is 26.9. The van der Waals surface area contributed by atoms with Gasteiger partial charge in [-0.1, -0.05) is 0 Å². The zero-order chi connectivity index (χ0) is 14.5. The van der Waals surface area contributed by atoms with E-state index >= 15 is 0 Å². The molecule has 0 atom stereocenters. The van der Waals surface area contributed by atoms with Gasteiger partial charge in [-0.15, -0.1) is 0 Å². The Labute approximate surface area is 114 Å².